The van der Waals surface area contributed by atoms with Gasteiger partial charge in [-0.05, 0) is 30.3 Å². The van der Waals surface area contributed by atoms with Gasteiger partial charge in [0.25, 0.3) is 17.7 Å². The molecule has 0 spiro atoms. The van der Waals surface area contributed by atoms with E-state index in [9.17, 15) is 14.4 Å². The first-order chi connectivity index (χ1) is 11.5. The van der Waals surface area contributed by atoms with Crippen LogP contribution in [0.2, 0.25) is 0 Å². The number of methoxy groups -OCH3 is 2. The van der Waals surface area contributed by atoms with Crippen molar-refractivity contribution in [2.75, 3.05) is 19.5 Å². The van der Waals surface area contributed by atoms with Crippen LogP contribution in [0.5, 0.6) is 11.5 Å². The number of carbonyl (C=O) groups excluding carboxylic acids is 3. The monoisotopic (exact) mass is 326 g/mol. The Hall–Kier alpha value is -3.35. The number of ether oxygens (including phenoxy) is 2. The van der Waals surface area contributed by atoms with Crippen LogP contribution in [0.4, 0.5) is 5.69 Å². The molecule has 7 heteroatoms. The maximum atomic E-state index is 12.6. The molecular weight excluding hydrogens is 312 g/mol. The second-order valence-corrected chi connectivity index (χ2v) is 5.03. The summed E-state index contributed by atoms with van der Waals surface area (Å²) < 4.78 is 10.3. The molecule has 2 aromatic carbocycles. The lowest BCUT2D eigenvalue weighted by molar-refractivity contribution is 0.0879. The zero-order valence-corrected chi connectivity index (χ0v) is 13.0. The third-order valence-electron chi connectivity index (χ3n) is 3.66. The van der Waals surface area contributed by atoms with E-state index in [2.05, 4.69) is 10.6 Å². The van der Waals surface area contributed by atoms with E-state index in [1.807, 2.05) is 0 Å². The van der Waals surface area contributed by atoms with Gasteiger partial charge in [0, 0.05) is 0 Å². The van der Waals surface area contributed by atoms with E-state index in [1.165, 1.54) is 26.4 Å². The number of anilines is 1. The van der Waals surface area contributed by atoms with Crippen LogP contribution in [0.15, 0.2) is 36.4 Å². The highest BCUT2D eigenvalue weighted by atomic mass is 16.5. The van der Waals surface area contributed by atoms with Crippen LogP contribution in [0.3, 0.4) is 0 Å². The third kappa shape index (κ3) is 2.56. The number of hydrogen-bond acceptors (Lipinski definition) is 5. The quantitative estimate of drug-likeness (QED) is 0.836. The van der Waals surface area contributed by atoms with Gasteiger partial charge in [-0.15, -0.1) is 0 Å². The molecule has 0 unspecified atom stereocenters. The molecule has 0 bridgehead atoms. The molecule has 0 fully saturated rings. The largest absolute Gasteiger partial charge is 0.497 e. The molecule has 2 aromatic rings. The lowest BCUT2D eigenvalue weighted by Gasteiger charge is -2.12. The number of fused-ring (bicyclic) bond motifs is 1. The molecule has 24 heavy (non-hydrogen) atoms. The lowest BCUT2D eigenvalue weighted by atomic mass is 10.1. The van der Waals surface area contributed by atoms with Crippen molar-refractivity contribution in [1.29, 1.82) is 0 Å². The highest BCUT2D eigenvalue weighted by Crippen LogP contribution is 2.28. The smallest absolute Gasteiger partial charge is 0.261 e. The molecule has 0 aliphatic carbocycles. The first kappa shape index (κ1) is 15.5. The van der Waals surface area contributed by atoms with Crippen molar-refractivity contribution in [2.45, 2.75) is 0 Å². The summed E-state index contributed by atoms with van der Waals surface area (Å²) in [6.45, 7) is 0. The summed E-state index contributed by atoms with van der Waals surface area (Å²) in [4.78, 5) is 36.2. The highest BCUT2D eigenvalue weighted by molar-refractivity contribution is 6.25. The van der Waals surface area contributed by atoms with Crippen LogP contribution in [-0.4, -0.2) is 31.9 Å². The van der Waals surface area contributed by atoms with Crippen LogP contribution < -0.4 is 20.1 Å². The fraction of sp³-hybridized carbons (Fsp3) is 0.118. The Morgan fingerprint density at radius 2 is 1.83 bits per heavy atom. The number of nitrogens with one attached hydrogen (secondary N) is 2. The molecule has 3 rings (SSSR count). The summed E-state index contributed by atoms with van der Waals surface area (Å²) in [5.41, 5.74) is 0.887. The van der Waals surface area contributed by atoms with Crippen molar-refractivity contribution in [2.24, 2.45) is 0 Å². The van der Waals surface area contributed by atoms with E-state index in [0.29, 0.717) is 11.5 Å². The van der Waals surface area contributed by atoms with Gasteiger partial charge in [0.1, 0.15) is 11.5 Å². The van der Waals surface area contributed by atoms with E-state index in [0.717, 1.165) is 0 Å². The van der Waals surface area contributed by atoms with Crippen LogP contribution in [0.25, 0.3) is 0 Å². The van der Waals surface area contributed by atoms with Crippen molar-refractivity contribution >= 4 is 23.4 Å². The maximum absolute atomic E-state index is 12.6. The second kappa shape index (κ2) is 6.04. The minimum atomic E-state index is -0.538. The molecule has 3 amide bonds. The SMILES string of the molecule is COc1ccc(OC)c(C(=O)Nc2cccc3c2C(=O)NC3=O)c1. The van der Waals surface area contributed by atoms with Crippen molar-refractivity contribution in [3.8, 4) is 11.5 Å². The average molecular weight is 326 g/mol. The topological polar surface area (TPSA) is 93.7 Å². The minimum absolute atomic E-state index is 0.151. The van der Waals surface area contributed by atoms with Gasteiger partial charge in [0.15, 0.2) is 0 Å². The normalized spacial score (nSPS) is 12.4. The first-order valence-corrected chi connectivity index (χ1v) is 7.07. The molecule has 0 atom stereocenters. The van der Waals surface area contributed by atoms with Crippen LogP contribution >= 0.6 is 0 Å². The number of rotatable bonds is 4. The van der Waals surface area contributed by atoms with Crippen molar-refractivity contribution in [1.82, 2.24) is 5.32 Å². The summed E-state index contributed by atoms with van der Waals surface area (Å²) in [7, 11) is 2.94. The Labute approximate surface area is 137 Å². The van der Waals surface area contributed by atoms with Crippen LogP contribution in [0, 0.1) is 0 Å². The molecule has 0 radical (unpaired) electrons. The molecular formula is C17H14N2O5. The predicted molar refractivity (Wildman–Crippen MR) is 85.7 cm³/mol. The van der Waals surface area contributed by atoms with Crippen LogP contribution in [-0.2, 0) is 0 Å². The Morgan fingerprint density at radius 3 is 2.54 bits per heavy atom. The Balaban J connectivity index is 1.98. The molecule has 1 aliphatic rings. The lowest BCUT2D eigenvalue weighted by Crippen LogP contribution is -2.21. The van der Waals surface area contributed by atoms with Gasteiger partial charge in [-0.1, -0.05) is 6.07 Å². The Kier molecular flexibility index (Phi) is 3.91. The summed E-state index contributed by atoms with van der Waals surface area (Å²) in [6, 6.07) is 9.48. The number of hydrogen-bond donors (Lipinski definition) is 2. The highest BCUT2D eigenvalue weighted by Gasteiger charge is 2.30. The predicted octanol–water partition coefficient (Wildman–Crippen LogP) is 1.84. The number of amides is 3. The van der Waals surface area contributed by atoms with Gasteiger partial charge in [0.2, 0.25) is 0 Å². The summed E-state index contributed by atoms with van der Waals surface area (Å²) in [6.07, 6.45) is 0. The zero-order valence-electron chi connectivity index (χ0n) is 13.0. The third-order valence-corrected chi connectivity index (χ3v) is 3.66. The fourth-order valence-electron chi connectivity index (χ4n) is 2.50. The summed E-state index contributed by atoms with van der Waals surface area (Å²) in [5, 5.41) is 4.85. The number of imide groups is 1. The molecule has 1 aliphatic heterocycles. The van der Waals surface area contributed by atoms with E-state index >= 15 is 0 Å². The van der Waals surface area contributed by atoms with Gasteiger partial charge >= 0.3 is 0 Å². The fourth-order valence-corrected chi connectivity index (χ4v) is 2.50. The Morgan fingerprint density at radius 1 is 1.04 bits per heavy atom. The Bertz CT molecular complexity index is 860. The molecule has 2 N–H and O–H groups in total. The summed E-state index contributed by atoms with van der Waals surface area (Å²) in [5.74, 6) is -0.645. The van der Waals surface area contributed by atoms with Crippen molar-refractivity contribution in [3.05, 3.63) is 53.1 Å². The first-order valence-electron chi connectivity index (χ1n) is 7.07. The van der Waals surface area contributed by atoms with Crippen molar-refractivity contribution in [3.63, 3.8) is 0 Å². The molecule has 7 nitrogen and oxygen atoms in total. The molecule has 0 saturated heterocycles. The van der Waals surface area contributed by atoms with E-state index in [-0.39, 0.29) is 22.4 Å². The molecule has 122 valence electrons. The standard InChI is InChI=1S/C17H14N2O5/c1-23-9-6-7-13(24-2)11(8-9)16(21)18-12-5-3-4-10-14(12)17(22)19-15(10)20/h3-8H,1-2H3,(H,18,21)(H,19,20,22). The molecule has 0 saturated carbocycles. The molecule has 1 heterocycles. The van der Waals surface area contributed by atoms with Gasteiger partial charge in [0.05, 0.1) is 36.6 Å². The number of carbonyl (C=O) groups is 3. The van der Waals surface area contributed by atoms with Gasteiger partial charge in [-0.2, -0.15) is 0 Å². The van der Waals surface area contributed by atoms with Gasteiger partial charge in [-0.25, -0.2) is 0 Å². The zero-order chi connectivity index (χ0) is 17.3. The van der Waals surface area contributed by atoms with E-state index in [1.54, 1.807) is 24.3 Å². The van der Waals surface area contributed by atoms with Crippen LogP contribution in [0.1, 0.15) is 31.1 Å². The summed E-state index contributed by atoms with van der Waals surface area (Å²) >= 11 is 0. The maximum Gasteiger partial charge on any atom is 0.261 e. The number of benzene rings is 2. The van der Waals surface area contributed by atoms with Crippen molar-refractivity contribution < 1.29 is 23.9 Å². The minimum Gasteiger partial charge on any atom is -0.497 e. The average Bonchev–Trinajstić information content (AvgIpc) is 2.89. The van der Waals surface area contributed by atoms with E-state index in [4.69, 9.17) is 9.47 Å². The van der Waals surface area contributed by atoms with E-state index < -0.39 is 17.7 Å². The van der Waals surface area contributed by atoms with Gasteiger partial charge in [-0.3, -0.25) is 19.7 Å². The second-order valence-electron chi connectivity index (χ2n) is 5.03. The van der Waals surface area contributed by atoms with Gasteiger partial charge < -0.3 is 14.8 Å². The molecule has 0 aromatic heterocycles.